The van der Waals surface area contributed by atoms with Crippen LogP contribution in [0.3, 0.4) is 0 Å². The van der Waals surface area contributed by atoms with Crippen molar-refractivity contribution in [1.82, 2.24) is 4.98 Å². The number of ether oxygens (including phenoxy) is 1. The normalized spacial score (nSPS) is 16.9. The monoisotopic (exact) mass is 348 g/mol. The minimum atomic E-state index is -1.63. The number of hydrogen-bond donors (Lipinski definition) is 2. The third-order valence-electron chi connectivity index (χ3n) is 4.79. The van der Waals surface area contributed by atoms with Crippen molar-refractivity contribution in [3.05, 3.63) is 17.5 Å². The predicted octanol–water partition coefficient (Wildman–Crippen LogP) is 1.19. The van der Waals surface area contributed by atoms with E-state index in [9.17, 15) is 14.8 Å². The summed E-state index contributed by atoms with van der Waals surface area (Å²) in [5.74, 6) is -0.330. The van der Waals surface area contributed by atoms with Crippen molar-refractivity contribution in [3.8, 4) is 0 Å². The van der Waals surface area contributed by atoms with Crippen molar-refractivity contribution in [2.24, 2.45) is 5.41 Å². The number of hydrogen-bond acceptors (Lipinski definition) is 6. The zero-order valence-corrected chi connectivity index (χ0v) is 15.9. The summed E-state index contributed by atoms with van der Waals surface area (Å²) in [7, 11) is -1.63. The number of rotatable bonds is 5. The highest BCUT2D eigenvalue weighted by Gasteiger charge is 2.31. The SMILES string of the molecule is Cc1ncc(B(O)O)c(N2CCC(C)(C)CC2)c1CC(=O)OC(C)C. The molecule has 0 aliphatic carbocycles. The summed E-state index contributed by atoms with van der Waals surface area (Å²) < 4.78 is 5.27. The molecular formula is C18H29BN2O4. The number of carbonyl (C=O) groups is 1. The highest BCUT2D eigenvalue weighted by molar-refractivity contribution is 6.60. The third kappa shape index (κ3) is 4.95. The maximum atomic E-state index is 12.2. The van der Waals surface area contributed by atoms with Gasteiger partial charge in [0.25, 0.3) is 0 Å². The lowest BCUT2D eigenvalue weighted by Crippen LogP contribution is -2.44. The molecule has 1 fully saturated rings. The van der Waals surface area contributed by atoms with Crippen LogP contribution in [0.15, 0.2) is 6.20 Å². The molecule has 138 valence electrons. The summed E-state index contributed by atoms with van der Waals surface area (Å²) >= 11 is 0. The van der Waals surface area contributed by atoms with Crippen molar-refractivity contribution in [2.45, 2.75) is 60.0 Å². The van der Waals surface area contributed by atoms with Crippen LogP contribution in [0.4, 0.5) is 5.69 Å². The van der Waals surface area contributed by atoms with Crippen LogP contribution < -0.4 is 10.4 Å². The molecule has 1 aliphatic heterocycles. The molecule has 1 aromatic heterocycles. The Bertz CT molecular complexity index is 622. The lowest BCUT2D eigenvalue weighted by molar-refractivity contribution is -0.146. The Morgan fingerprint density at radius 2 is 1.96 bits per heavy atom. The number of esters is 1. The molecule has 0 atom stereocenters. The van der Waals surface area contributed by atoms with E-state index in [1.807, 2.05) is 20.8 Å². The Balaban J connectivity index is 2.40. The molecule has 0 unspecified atom stereocenters. The average molecular weight is 348 g/mol. The Kier molecular flexibility index (Phi) is 6.11. The molecule has 0 saturated carbocycles. The average Bonchev–Trinajstić information content (AvgIpc) is 2.48. The maximum absolute atomic E-state index is 12.2. The Morgan fingerprint density at radius 1 is 1.36 bits per heavy atom. The van der Waals surface area contributed by atoms with Crippen molar-refractivity contribution >= 4 is 24.2 Å². The molecule has 6 nitrogen and oxygen atoms in total. The Morgan fingerprint density at radius 3 is 2.48 bits per heavy atom. The van der Waals surface area contributed by atoms with E-state index in [2.05, 4.69) is 23.7 Å². The van der Waals surface area contributed by atoms with Crippen LogP contribution in [0.25, 0.3) is 0 Å². The van der Waals surface area contributed by atoms with Gasteiger partial charge in [-0.15, -0.1) is 0 Å². The van der Waals surface area contributed by atoms with Crippen molar-refractivity contribution in [3.63, 3.8) is 0 Å². The van der Waals surface area contributed by atoms with E-state index in [0.717, 1.165) is 37.2 Å². The molecule has 2 rings (SSSR count). The molecule has 0 aromatic carbocycles. The first-order chi connectivity index (χ1) is 11.6. The first-order valence-electron chi connectivity index (χ1n) is 8.89. The minimum Gasteiger partial charge on any atom is -0.463 e. The predicted molar refractivity (Wildman–Crippen MR) is 99.0 cm³/mol. The van der Waals surface area contributed by atoms with Gasteiger partial charge in [0.2, 0.25) is 0 Å². The van der Waals surface area contributed by atoms with E-state index < -0.39 is 7.12 Å². The molecule has 7 heteroatoms. The second-order valence-electron chi connectivity index (χ2n) is 7.87. The molecule has 0 bridgehead atoms. The lowest BCUT2D eigenvalue weighted by atomic mass is 9.76. The number of nitrogens with zero attached hydrogens (tertiary/aromatic N) is 2. The fourth-order valence-corrected chi connectivity index (χ4v) is 3.21. The van der Waals surface area contributed by atoms with Gasteiger partial charge in [-0.05, 0) is 39.0 Å². The van der Waals surface area contributed by atoms with Gasteiger partial charge in [0.1, 0.15) is 0 Å². The zero-order valence-electron chi connectivity index (χ0n) is 15.9. The van der Waals surface area contributed by atoms with Gasteiger partial charge in [0.05, 0.1) is 12.5 Å². The van der Waals surface area contributed by atoms with Crippen LogP contribution in [-0.4, -0.2) is 47.3 Å². The summed E-state index contributed by atoms with van der Waals surface area (Å²) in [6, 6.07) is 0. The second kappa shape index (κ2) is 7.75. The summed E-state index contributed by atoms with van der Waals surface area (Å²) in [5.41, 5.74) is 2.77. The summed E-state index contributed by atoms with van der Waals surface area (Å²) in [5, 5.41) is 19.6. The van der Waals surface area contributed by atoms with Gasteiger partial charge in [-0.3, -0.25) is 9.78 Å². The molecule has 1 aromatic rings. The summed E-state index contributed by atoms with van der Waals surface area (Å²) in [6.07, 6.45) is 3.39. The van der Waals surface area contributed by atoms with Gasteiger partial charge in [0, 0.05) is 41.7 Å². The first-order valence-corrected chi connectivity index (χ1v) is 8.89. The molecular weight excluding hydrogens is 319 g/mol. The van der Waals surface area contributed by atoms with Crippen molar-refractivity contribution in [2.75, 3.05) is 18.0 Å². The molecule has 2 heterocycles. The van der Waals surface area contributed by atoms with Crippen LogP contribution in [-0.2, 0) is 16.0 Å². The van der Waals surface area contributed by atoms with Crippen molar-refractivity contribution in [1.29, 1.82) is 0 Å². The molecule has 1 saturated heterocycles. The van der Waals surface area contributed by atoms with Crippen LogP contribution in [0.2, 0.25) is 0 Å². The van der Waals surface area contributed by atoms with Crippen LogP contribution in [0.1, 0.15) is 51.8 Å². The molecule has 25 heavy (non-hydrogen) atoms. The fraction of sp³-hybridized carbons (Fsp3) is 0.667. The zero-order chi connectivity index (χ0) is 18.8. The lowest BCUT2D eigenvalue weighted by Gasteiger charge is -2.40. The number of aromatic nitrogens is 1. The van der Waals surface area contributed by atoms with Crippen LogP contribution >= 0.6 is 0 Å². The number of anilines is 1. The van der Waals surface area contributed by atoms with Crippen LogP contribution in [0.5, 0.6) is 0 Å². The quantitative estimate of drug-likeness (QED) is 0.614. The first kappa shape index (κ1) is 19.7. The van der Waals surface area contributed by atoms with E-state index in [1.54, 1.807) is 0 Å². The van der Waals surface area contributed by atoms with E-state index in [-0.39, 0.29) is 23.9 Å². The van der Waals surface area contributed by atoms with E-state index >= 15 is 0 Å². The van der Waals surface area contributed by atoms with Crippen LogP contribution in [0, 0.1) is 12.3 Å². The maximum Gasteiger partial charge on any atom is 0.492 e. The van der Waals surface area contributed by atoms with Gasteiger partial charge in [-0.1, -0.05) is 13.8 Å². The third-order valence-corrected chi connectivity index (χ3v) is 4.79. The highest BCUT2D eigenvalue weighted by atomic mass is 16.5. The van der Waals surface area contributed by atoms with Crippen molar-refractivity contribution < 1.29 is 19.6 Å². The number of aryl methyl sites for hydroxylation is 1. The summed E-state index contributed by atoms with van der Waals surface area (Å²) in [6.45, 7) is 11.6. The number of pyridine rings is 1. The summed E-state index contributed by atoms with van der Waals surface area (Å²) in [4.78, 5) is 18.6. The topological polar surface area (TPSA) is 82.9 Å². The second-order valence-corrected chi connectivity index (χ2v) is 7.87. The minimum absolute atomic E-state index is 0.0762. The smallest absolute Gasteiger partial charge is 0.463 e. The van der Waals surface area contributed by atoms with E-state index in [1.165, 1.54) is 6.20 Å². The highest BCUT2D eigenvalue weighted by Crippen LogP contribution is 2.33. The molecule has 2 N–H and O–H groups in total. The Hall–Kier alpha value is -1.60. The van der Waals surface area contributed by atoms with Gasteiger partial charge >= 0.3 is 13.1 Å². The van der Waals surface area contributed by atoms with E-state index in [0.29, 0.717) is 11.2 Å². The largest absolute Gasteiger partial charge is 0.492 e. The fourth-order valence-electron chi connectivity index (χ4n) is 3.21. The molecule has 0 spiro atoms. The number of piperidine rings is 1. The van der Waals surface area contributed by atoms with Gasteiger partial charge in [-0.2, -0.15) is 0 Å². The molecule has 0 radical (unpaired) electrons. The standard InChI is InChI=1S/C18H29BN2O4/c1-12(2)25-16(22)10-14-13(3)20-11-15(19(23)24)17(14)21-8-6-18(4,5)7-9-21/h11-12,23-24H,6-10H2,1-5H3. The van der Waals surface area contributed by atoms with Gasteiger partial charge < -0.3 is 19.7 Å². The van der Waals surface area contributed by atoms with E-state index in [4.69, 9.17) is 4.74 Å². The number of carbonyl (C=O) groups excluding carboxylic acids is 1. The van der Waals surface area contributed by atoms with Gasteiger partial charge in [0.15, 0.2) is 0 Å². The van der Waals surface area contributed by atoms with Gasteiger partial charge in [-0.25, -0.2) is 0 Å². The molecule has 1 aliphatic rings. The Labute approximate surface area is 150 Å². The molecule has 0 amide bonds.